The van der Waals surface area contributed by atoms with Gasteiger partial charge in [-0.25, -0.2) is 4.79 Å². The molecule has 1 aromatic rings. The Morgan fingerprint density at radius 1 is 1.22 bits per heavy atom. The third-order valence-electron chi connectivity index (χ3n) is 4.60. The van der Waals surface area contributed by atoms with Gasteiger partial charge in [-0.15, -0.1) is 0 Å². The van der Waals surface area contributed by atoms with Gasteiger partial charge in [0.1, 0.15) is 5.60 Å². The summed E-state index contributed by atoms with van der Waals surface area (Å²) in [6.45, 7) is 11.2. The second kappa shape index (κ2) is 10.7. The van der Waals surface area contributed by atoms with Crippen molar-refractivity contribution in [1.29, 1.82) is 0 Å². The van der Waals surface area contributed by atoms with Crippen molar-refractivity contribution in [3.63, 3.8) is 0 Å². The van der Waals surface area contributed by atoms with E-state index in [1.807, 2.05) is 50.8 Å². The molecule has 0 aromatic heterocycles. The van der Waals surface area contributed by atoms with Crippen molar-refractivity contribution in [2.24, 2.45) is 5.92 Å². The van der Waals surface area contributed by atoms with Crippen molar-refractivity contribution >= 4 is 6.09 Å². The maximum atomic E-state index is 12.5. The average molecular weight is 378 g/mol. The maximum absolute atomic E-state index is 12.5. The van der Waals surface area contributed by atoms with Crippen LogP contribution in [0.5, 0.6) is 0 Å². The Labute approximate surface area is 164 Å². The van der Waals surface area contributed by atoms with Crippen LogP contribution in [0.15, 0.2) is 30.3 Å². The van der Waals surface area contributed by atoms with Gasteiger partial charge in [0.2, 0.25) is 0 Å². The highest BCUT2D eigenvalue weighted by Gasteiger charge is 2.32. The Kier molecular flexibility index (Phi) is 8.58. The summed E-state index contributed by atoms with van der Waals surface area (Å²) in [6.07, 6.45) is 2.65. The van der Waals surface area contributed by atoms with Crippen LogP contribution < -0.4 is 0 Å². The van der Waals surface area contributed by atoms with E-state index in [0.29, 0.717) is 19.8 Å². The lowest BCUT2D eigenvalue weighted by molar-refractivity contribution is -0.0306. The fourth-order valence-electron chi connectivity index (χ4n) is 3.41. The largest absolute Gasteiger partial charge is 0.444 e. The van der Waals surface area contributed by atoms with E-state index in [2.05, 4.69) is 12.1 Å². The molecule has 5 nitrogen and oxygen atoms in total. The van der Waals surface area contributed by atoms with E-state index >= 15 is 0 Å². The molecule has 2 rings (SSSR count). The first-order valence-electron chi connectivity index (χ1n) is 10.1. The lowest BCUT2D eigenvalue weighted by Crippen LogP contribution is -2.44. The van der Waals surface area contributed by atoms with Gasteiger partial charge in [0.05, 0.1) is 6.10 Å². The highest BCUT2D eigenvalue weighted by Crippen LogP contribution is 2.33. The SMILES string of the molecule is CCOCCCO[C@@H](c1ccccc1)C1CCCN(C(=O)OC(C)(C)C)C1. The molecule has 1 aliphatic heterocycles. The van der Waals surface area contributed by atoms with E-state index in [1.165, 1.54) is 5.56 Å². The number of carbonyl (C=O) groups is 1. The van der Waals surface area contributed by atoms with Crippen LogP contribution in [0, 0.1) is 5.92 Å². The summed E-state index contributed by atoms with van der Waals surface area (Å²) >= 11 is 0. The van der Waals surface area contributed by atoms with Crippen molar-refractivity contribution in [2.45, 2.75) is 58.7 Å². The fourth-order valence-corrected chi connectivity index (χ4v) is 3.41. The first-order valence-corrected chi connectivity index (χ1v) is 10.1. The van der Waals surface area contributed by atoms with Crippen molar-refractivity contribution in [2.75, 3.05) is 32.9 Å². The molecule has 1 saturated heterocycles. The number of hydrogen-bond donors (Lipinski definition) is 0. The average Bonchev–Trinajstić information content (AvgIpc) is 2.64. The smallest absolute Gasteiger partial charge is 0.410 e. The molecule has 1 aromatic carbocycles. The zero-order valence-electron chi connectivity index (χ0n) is 17.3. The summed E-state index contributed by atoms with van der Waals surface area (Å²) in [5, 5.41) is 0. The molecule has 152 valence electrons. The quantitative estimate of drug-likeness (QED) is 0.610. The van der Waals surface area contributed by atoms with E-state index in [4.69, 9.17) is 14.2 Å². The lowest BCUT2D eigenvalue weighted by Gasteiger charge is -2.37. The van der Waals surface area contributed by atoms with Crippen molar-refractivity contribution in [3.8, 4) is 0 Å². The molecule has 0 bridgehead atoms. The molecule has 2 atom stereocenters. The molecule has 0 saturated carbocycles. The molecular formula is C22H35NO4. The van der Waals surface area contributed by atoms with Gasteiger partial charge < -0.3 is 19.1 Å². The third kappa shape index (κ3) is 7.51. The van der Waals surface area contributed by atoms with E-state index in [-0.39, 0.29) is 18.1 Å². The summed E-state index contributed by atoms with van der Waals surface area (Å²) in [6, 6.07) is 10.3. The normalized spacial score (nSPS) is 19.0. The molecule has 0 N–H and O–H groups in total. The molecule has 5 heteroatoms. The number of ether oxygens (including phenoxy) is 3. The van der Waals surface area contributed by atoms with Gasteiger partial charge in [-0.1, -0.05) is 30.3 Å². The fraction of sp³-hybridized carbons (Fsp3) is 0.682. The summed E-state index contributed by atoms with van der Waals surface area (Å²) < 4.78 is 17.3. The minimum atomic E-state index is -0.474. The van der Waals surface area contributed by atoms with E-state index in [1.54, 1.807) is 0 Å². The third-order valence-corrected chi connectivity index (χ3v) is 4.60. The van der Waals surface area contributed by atoms with E-state index in [9.17, 15) is 4.79 Å². The number of likely N-dealkylation sites (tertiary alicyclic amines) is 1. The first-order chi connectivity index (χ1) is 12.9. The standard InChI is InChI=1S/C22H35NO4/c1-5-25-15-10-16-26-20(18-11-7-6-8-12-18)19-13-9-14-23(17-19)21(24)27-22(2,3)4/h6-8,11-12,19-20H,5,9-10,13-17H2,1-4H3/t19?,20-/m0/s1. The predicted molar refractivity (Wildman–Crippen MR) is 107 cm³/mol. The molecule has 1 fully saturated rings. The Morgan fingerprint density at radius 2 is 1.96 bits per heavy atom. The first kappa shape index (κ1) is 21.7. The molecule has 1 aliphatic rings. The van der Waals surface area contributed by atoms with Gasteiger partial charge >= 0.3 is 6.09 Å². The van der Waals surface area contributed by atoms with Crippen LogP contribution in [0.1, 0.15) is 58.6 Å². The number of rotatable bonds is 8. The number of piperidine rings is 1. The highest BCUT2D eigenvalue weighted by atomic mass is 16.6. The van der Waals surface area contributed by atoms with E-state index < -0.39 is 5.60 Å². The van der Waals surface area contributed by atoms with Gasteiger partial charge in [-0.05, 0) is 52.5 Å². The van der Waals surface area contributed by atoms with Crippen molar-refractivity contribution in [1.82, 2.24) is 4.90 Å². The molecule has 0 aliphatic carbocycles. The second-order valence-electron chi connectivity index (χ2n) is 8.08. The molecule has 0 radical (unpaired) electrons. The zero-order chi connectivity index (χ0) is 19.7. The Balaban J connectivity index is 2.01. The molecule has 27 heavy (non-hydrogen) atoms. The Hall–Kier alpha value is -1.59. The van der Waals surface area contributed by atoms with Crippen LogP contribution in [0.4, 0.5) is 4.79 Å². The summed E-state index contributed by atoms with van der Waals surface area (Å²) in [5.74, 6) is 0.265. The van der Waals surface area contributed by atoms with Gasteiger partial charge in [0.25, 0.3) is 0 Å². The van der Waals surface area contributed by atoms with Crippen LogP contribution in [0.2, 0.25) is 0 Å². The number of carbonyl (C=O) groups excluding carboxylic acids is 1. The topological polar surface area (TPSA) is 48.0 Å². The number of benzene rings is 1. The highest BCUT2D eigenvalue weighted by molar-refractivity contribution is 5.68. The van der Waals surface area contributed by atoms with Crippen LogP contribution in [-0.4, -0.2) is 49.5 Å². The minimum absolute atomic E-state index is 0.0157. The number of hydrogen-bond acceptors (Lipinski definition) is 4. The van der Waals surface area contributed by atoms with Crippen molar-refractivity contribution < 1.29 is 19.0 Å². The number of nitrogens with zero attached hydrogens (tertiary/aromatic N) is 1. The lowest BCUT2D eigenvalue weighted by atomic mass is 9.88. The summed E-state index contributed by atoms with van der Waals surface area (Å²) in [4.78, 5) is 14.3. The second-order valence-corrected chi connectivity index (χ2v) is 8.08. The van der Waals surface area contributed by atoms with Crippen LogP contribution in [0.3, 0.4) is 0 Å². The molecular weight excluding hydrogens is 342 g/mol. The Morgan fingerprint density at radius 3 is 2.63 bits per heavy atom. The maximum Gasteiger partial charge on any atom is 0.410 e. The van der Waals surface area contributed by atoms with Gasteiger partial charge in [0.15, 0.2) is 0 Å². The predicted octanol–water partition coefficient (Wildman–Crippen LogP) is 4.82. The van der Waals surface area contributed by atoms with Crippen LogP contribution in [-0.2, 0) is 14.2 Å². The Bertz CT molecular complexity index is 555. The summed E-state index contributed by atoms with van der Waals surface area (Å²) in [5.41, 5.74) is 0.698. The van der Waals surface area contributed by atoms with Crippen LogP contribution in [0.25, 0.3) is 0 Å². The molecule has 1 amide bonds. The molecule has 1 heterocycles. The molecule has 1 unspecified atom stereocenters. The summed E-state index contributed by atoms with van der Waals surface area (Å²) in [7, 11) is 0. The number of amides is 1. The van der Waals surface area contributed by atoms with Gasteiger partial charge in [-0.2, -0.15) is 0 Å². The van der Waals surface area contributed by atoms with E-state index in [0.717, 1.165) is 32.4 Å². The van der Waals surface area contributed by atoms with Crippen LogP contribution >= 0.6 is 0 Å². The zero-order valence-corrected chi connectivity index (χ0v) is 17.3. The van der Waals surface area contributed by atoms with Gasteiger partial charge in [-0.3, -0.25) is 0 Å². The van der Waals surface area contributed by atoms with Gasteiger partial charge in [0, 0.05) is 38.8 Å². The minimum Gasteiger partial charge on any atom is -0.444 e. The monoisotopic (exact) mass is 377 g/mol. The molecule has 0 spiro atoms. The van der Waals surface area contributed by atoms with Crippen molar-refractivity contribution in [3.05, 3.63) is 35.9 Å².